The molecule has 1 amide bonds. The quantitative estimate of drug-likeness (QED) is 0.617. The molecule has 2 aliphatic heterocycles. The smallest absolute Gasteiger partial charge is 0.407 e. The van der Waals surface area contributed by atoms with E-state index < -0.39 is 23.8 Å². The van der Waals surface area contributed by atoms with Crippen LogP contribution in [0.1, 0.15) is 37.1 Å². The number of nitrogen functional groups attached to an aromatic ring is 1. The highest BCUT2D eigenvalue weighted by molar-refractivity contribution is 5.67. The van der Waals surface area contributed by atoms with Gasteiger partial charge in [0.05, 0.1) is 11.3 Å². The number of nitrogens with two attached hydrogens (primary N) is 1. The van der Waals surface area contributed by atoms with Gasteiger partial charge in [-0.2, -0.15) is 5.10 Å². The fraction of sp³-hybridized carbons (Fsp3) is 0.348. The zero-order valence-corrected chi connectivity index (χ0v) is 18.0. The van der Waals surface area contributed by atoms with Gasteiger partial charge in [-0.15, -0.1) is 0 Å². The summed E-state index contributed by atoms with van der Waals surface area (Å²) in [6.07, 6.45) is 1.33. The van der Waals surface area contributed by atoms with E-state index in [2.05, 4.69) is 10.1 Å². The summed E-state index contributed by atoms with van der Waals surface area (Å²) in [6.45, 7) is 3.20. The van der Waals surface area contributed by atoms with E-state index in [-0.39, 0.29) is 22.5 Å². The molecule has 8 nitrogen and oxygen atoms in total. The van der Waals surface area contributed by atoms with Crippen LogP contribution in [0.3, 0.4) is 0 Å². The van der Waals surface area contributed by atoms with Crippen LogP contribution in [0.15, 0.2) is 36.5 Å². The molecular weight excluding hydrogens is 432 g/mol. The Labute approximate surface area is 188 Å². The van der Waals surface area contributed by atoms with E-state index in [0.717, 1.165) is 18.5 Å². The summed E-state index contributed by atoms with van der Waals surface area (Å²) in [6, 6.07) is 7.25. The Morgan fingerprint density at radius 2 is 1.97 bits per heavy atom. The molecule has 172 valence electrons. The highest BCUT2D eigenvalue weighted by atomic mass is 19.1. The average Bonchev–Trinajstić information content (AvgIpc) is 3.46. The van der Waals surface area contributed by atoms with Gasteiger partial charge in [-0.25, -0.2) is 18.6 Å². The molecule has 0 unspecified atom stereocenters. The van der Waals surface area contributed by atoms with Gasteiger partial charge in [-0.3, -0.25) is 4.68 Å². The molecule has 4 heterocycles. The number of likely N-dealkylation sites (tertiary alicyclic amines) is 1. The van der Waals surface area contributed by atoms with Crippen molar-refractivity contribution in [1.29, 1.82) is 0 Å². The fourth-order valence-electron chi connectivity index (χ4n) is 4.89. The number of aryl methyl sites for hydroxylation is 1. The van der Waals surface area contributed by atoms with Gasteiger partial charge in [0, 0.05) is 42.5 Å². The first-order valence-electron chi connectivity index (χ1n) is 10.7. The molecule has 5 rings (SSSR count). The van der Waals surface area contributed by atoms with Crippen LogP contribution in [0, 0.1) is 11.6 Å². The number of carboxylic acid groups (broad SMARTS) is 1. The molecule has 1 aromatic carbocycles. The van der Waals surface area contributed by atoms with Crippen LogP contribution in [0.2, 0.25) is 0 Å². The maximum atomic E-state index is 14.1. The molecule has 1 spiro atoms. The molecule has 1 saturated heterocycles. The number of fused-ring (bicyclic) bond motifs is 2. The molecule has 2 aromatic heterocycles. The van der Waals surface area contributed by atoms with Gasteiger partial charge >= 0.3 is 6.09 Å². The number of ether oxygens (including phenoxy) is 1. The Balaban J connectivity index is 1.43. The van der Waals surface area contributed by atoms with Crippen molar-refractivity contribution in [2.24, 2.45) is 0 Å². The Morgan fingerprint density at radius 1 is 1.24 bits per heavy atom. The number of carbonyl (C=O) groups is 1. The first-order valence-corrected chi connectivity index (χ1v) is 10.7. The lowest BCUT2D eigenvalue weighted by Gasteiger charge is -2.22. The van der Waals surface area contributed by atoms with Crippen molar-refractivity contribution in [2.45, 2.75) is 37.8 Å². The summed E-state index contributed by atoms with van der Waals surface area (Å²) in [5, 5.41) is 14.0. The summed E-state index contributed by atoms with van der Waals surface area (Å²) in [7, 11) is 0. The molecule has 33 heavy (non-hydrogen) atoms. The third kappa shape index (κ3) is 3.55. The molecule has 3 N–H and O–H groups in total. The van der Waals surface area contributed by atoms with Gasteiger partial charge in [-0.05, 0) is 44.0 Å². The van der Waals surface area contributed by atoms with Crippen LogP contribution in [0.25, 0.3) is 11.3 Å². The van der Waals surface area contributed by atoms with E-state index in [1.165, 1.54) is 30.0 Å². The minimum absolute atomic E-state index is 0.0958. The van der Waals surface area contributed by atoms with Crippen molar-refractivity contribution in [2.75, 3.05) is 18.8 Å². The number of hydrogen-bond donors (Lipinski definition) is 2. The van der Waals surface area contributed by atoms with Gasteiger partial charge in [0.15, 0.2) is 11.6 Å². The van der Waals surface area contributed by atoms with Gasteiger partial charge in [-0.1, -0.05) is 6.07 Å². The van der Waals surface area contributed by atoms with E-state index in [0.29, 0.717) is 30.9 Å². The second kappa shape index (κ2) is 7.72. The number of benzene rings is 1. The monoisotopic (exact) mass is 455 g/mol. The minimum atomic E-state index is -0.929. The van der Waals surface area contributed by atoms with Crippen molar-refractivity contribution < 1.29 is 23.4 Å². The highest BCUT2D eigenvalue weighted by Gasteiger charge is 2.47. The molecular formula is C23H23F2N5O3. The van der Waals surface area contributed by atoms with Gasteiger partial charge in [0.1, 0.15) is 17.7 Å². The Kier molecular flexibility index (Phi) is 4.95. The molecule has 0 radical (unpaired) electrons. The number of aromatic nitrogens is 3. The van der Waals surface area contributed by atoms with Gasteiger partial charge in [0.2, 0.25) is 0 Å². The molecule has 3 aromatic rings. The molecule has 0 bridgehead atoms. The number of halogens is 2. The highest BCUT2D eigenvalue weighted by Crippen LogP contribution is 2.44. The van der Waals surface area contributed by atoms with E-state index in [1.54, 1.807) is 12.3 Å². The first-order chi connectivity index (χ1) is 15.8. The van der Waals surface area contributed by atoms with Gasteiger partial charge < -0.3 is 20.5 Å². The first kappa shape index (κ1) is 21.2. The number of amides is 1. The van der Waals surface area contributed by atoms with E-state index in [4.69, 9.17) is 10.5 Å². The molecule has 1 fully saturated rings. The van der Waals surface area contributed by atoms with Crippen molar-refractivity contribution in [3.05, 3.63) is 59.4 Å². The predicted molar refractivity (Wildman–Crippen MR) is 116 cm³/mol. The Bertz CT molecular complexity index is 1230. The lowest BCUT2D eigenvalue weighted by Crippen LogP contribution is -2.32. The maximum Gasteiger partial charge on any atom is 0.407 e. The maximum absolute atomic E-state index is 14.1. The third-order valence-electron chi connectivity index (χ3n) is 6.64. The summed E-state index contributed by atoms with van der Waals surface area (Å²) < 4.78 is 36.0. The topological polar surface area (TPSA) is 106 Å². The molecule has 10 heteroatoms. The number of hydrogen-bond acceptors (Lipinski definition) is 5. The number of nitrogens with zero attached hydrogens (tertiary/aromatic N) is 4. The standard InChI is InChI=1S/C23H23F2N5O3/c1-13(20-15(24)3-2-4-16(20)25)33-18-9-14(11-27-21(18)26)17-10-19-23(6-8-30(19)28-17)5-7-29(12-23)22(31)32/h2-4,9-11,13H,5-8,12H2,1H3,(H2,26,27)(H,31,32)/t13-,23-/m1/s1. The molecule has 0 saturated carbocycles. The predicted octanol–water partition coefficient (Wildman–Crippen LogP) is 3.97. The van der Waals surface area contributed by atoms with Crippen molar-refractivity contribution in [1.82, 2.24) is 19.7 Å². The largest absolute Gasteiger partial charge is 0.482 e. The lowest BCUT2D eigenvalue weighted by molar-refractivity contribution is 0.153. The second-order valence-corrected chi connectivity index (χ2v) is 8.63. The average molecular weight is 455 g/mol. The number of pyridine rings is 1. The van der Waals surface area contributed by atoms with Crippen molar-refractivity contribution >= 4 is 11.9 Å². The zero-order valence-electron chi connectivity index (χ0n) is 18.0. The number of anilines is 1. The second-order valence-electron chi connectivity index (χ2n) is 8.63. The third-order valence-corrected chi connectivity index (χ3v) is 6.64. The minimum Gasteiger partial charge on any atom is -0.482 e. The summed E-state index contributed by atoms with van der Waals surface area (Å²) in [5.41, 5.74) is 7.85. The van der Waals surface area contributed by atoms with Crippen LogP contribution in [0.5, 0.6) is 5.75 Å². The normalized spacial score (nSPS) is 20.3. The SMILES string of the molecule is C[C@@H](Oc1cc(-c2cc3n(n2)CC[C@@]32CCN(C(=O)O)C2)cnc1N)c1c(F)cccc1F. The van der Waals surface area contributed by atoms with Crippen LogP contribution < -0.4 is 10.5 Å². The van der Waals surface area contributed by atoms with Crippen molar-refractivity contribution in [3.8, 4) is 17.0 Å². The lowest BCUT2D eigenvalue weighted by atomic mass is 9.82. The Hall–Kier alpha value is -3.69. The fourth-order valence-corrected chi connectivity index (χ4v) is 4.89. The van der Waals surface area contributed by atoms with Crippen molar-refractivity contribution in [3.63, 3.8) is 0 Å². The van der Waals surface area contributed by atoms with E-state index in [9.17, 15) is 18.7 Å². The summed E-state index contributed by atoms with van der Waals surface area (Å²) in [5.74, 6) is -1.11. The Morgan fingerprint density at radius 3 is 2.67 bits per heavy atom. The van der Waals surface area contributed by atoms with Crippen LogP contribution in [0.4, 0.5) is 19.4 Å². The molecule has 2 aliphatic rings. The molecule has 0 aliphatic carbocycles. The molecule has 2 atom stereocenters. The van der Waals surface area contributed by atoms with E-state index >= 15 is 0 Å². The summed E-state index contributed by atoms with van der Waals surface area (Å²) >= 11 is 0. The van der Waals surface area contributed by atoms with E-state index in [1.807, 2.05) is 10.7 Å². The zero-order chi connectivity index (χ0) is 23.3. The van der Waals surface area contributed by atoms with Gasteiger partial charge in [0.25, 0.3) is 0 Å². The van der Waals surface area contributed by atoms with Crippen LogP contribution in [-0.2, 0) is 12.0 Å². The van der Waals surface area contributed by atoms with Crippen LogP contribution >= 0.6 is 0 Å². The number of rotatable bonds is 4. The summed E-state index contributed by atoms with van der Waals surface area (Å²) in [4.78, 5) is 17.0. The van der Waals surface area contributed by atoms with Crippen LogP contribution in [-0.4, -0.2) is 44.0 Å².